The molecule has 0 radical (unpaired) electrons. The van der Waals surface area contributed by atoms with Gasteiger partial charge in [-0.05, 0) is 18.3 Å². The third-order valence-corrected chi connectivity index (χ3v) is 3.32. The average Bonchev–Trinajstić information content (AvgIpc) is 2.25. The molecule has 0 aromatic heterocycles. The van der Waals surface area contributed by atoms with Gasteiger partial charge in [0.05, 0.1) is 19.6 Å². The number of hydrogen-bond donors (Lipinski definition) is 2. The molecule has 0 bridgehead atoms. The maximum Gasteiger partial charge on any atom is 0.317 e. The van der Waals surface area contributed by atoms with Gasteiger partial charge in [0.15, 0.2) is 0 Å². The van der Waals surface area contributed by atoms with Crippen molar-refractivity contribution in [1.29, 1.82) is 0 Å². The number of nitrogens with zero attached hydrogens (tertiary/aromatic N) is 2. The molecule has 20 heavy (non-hydrogen) atoms. The number of likely N-dealkylation sites (tertiary alicyclic amines) is 1. The van der Waals surface area contributed by atoms with Crippen molar-refractivity contribution in [3.63, 3.8) is 0 Å². The lowest BCUT2D eigenvalue weighted by Gasteiger charge is -2.36. The van der Waals surface area contributed by atoms with Crippen LogP contribution < -0.4 is 5.73 Å². The molecule has 1 aliphatic heterocycles. The first kappa shape index (κ1) is 16.4. The van der Waals surface area contributed by atoms with Gasteiger partial charge in [0.25, 0.3) is 0 Å². The van der Waals surface area contributed by atoms with Crippen molar-refractivity contribution in [2.24, 2.45) is 17.6 Å². The second kappa shape index (κ2) is 7.23. The van der Waals surface area contributed by atoms with Crippen LogP contribution in [0.3, 0.4) is 0 Å². The molecule has 0 aromatic rings. The number of carboxylic acids is 1. The Labute approximate surface area is 118 Å². The van der Waals surface area contributed by atoms with E-state index in [-0.39, 0.29) is 25.5 Å². The lowest BCUT2D eigenvalue weighted by Crippen LogP contribution is -2.49. The maximum absolute atomic E-state index is 12.2. The number of nitrogens with two attached hydrogens (primary N) is 1. The summed E-state index contributed by atoms with van der Waals surface area (Å²) < 4.78 is 0. The van der Waals surface area contributed by atoms with E-state index in [1.807, 2.05) is 0 Å². The topological polar surface area (TPSA) is 104 Å². The second-order valence-corrected chi connectivity index (χ2v) is 5.75. The summed E-state index contributed by atoms with van der Waals surface area (Å²) in [5.74, 6) is -0.997. The van der Waals surface area contributed by atoms with Crippen molar-refractivity contribution in [3.05, 3.63) is 0 Å². The summed E-state index contributed by atoms with van der Waals surface area (Å²) in [6.45, 7) is 4.86. The molecule has 3 N–H and O–H groups in total. The summed E-state index contributed by atoms with van der Waals surface area (Å²) in [4.78, 5) is 36.9. The Hall–Kier alpha value is -1.63. The fourth-order valence-corrected chi connectivity index (χ4v) is 2.74. The first-order valence-electron chi connectivity index (χ1n) is 6.78. The van der Waals surface area contributed by atoms with E-state index < -0.39 is 11.9 Å². The van der Waals surface area contributed by atoms with Gasteiger partial charge < -0.3 is 15.7 Å². The molecule has 0 aliphatic carbocycles. The largest absolute Gasteiger partial charge is 0.480 e. The predicted octanol–water partition coefficient (Wildman–Crippen LogP) is -0.637. The van der Waals surface area contributed by atoms with Crippen molar-refractivity contribution in [2.45, 2.75) is 20.3 Å². The summed E-state index contributed by atoms with van der Waals surface area (Å²) >= 11 is 0. The molecule has 0 aromatic carbocycles. The molecule has 1 fully saturated rings. The van der Waals surface area contributed by atoms with Gasteiger partial charge in [0.2, 0.25) is 11.8 Å². The van der Waals surface area contributed by atoms with Crippen molar-refractivity contribution < 1.29 is 19.5 Å². The van der Waals surface area contributed by atoms with E-state index in [1.165, 1.54) is 4.90 Å². The van der Waals surface area contributed by atoms with Crippen LogP contribution in [0.1, 0.15) is 20.3 Å². The van der Waals surface area contributed by atoms with Crippen LogP contribution in [0.15, 0.2) is 0 Å². The molecule has 1 aliphatic rings. The lowest BCUT2D eigenvalue weighted by molar-refractivity contribution is -0.140. The van der Waals surface area contributed by atoms with Gasteiger partial charge in [0, 0.05) is 13.1 Å². The highest BCUT2D eigenvalue weighted by Crippen LogP contribution is 2.20. The van der Waals surface area contributed by atoms with Crippen LogP contribution in [0.4, 0.5) is 0 Å². The minimum absolute atomic E-state index is 0.0886. The van der Waals surface area contributed by atoms with Crippen LogP contribution in [0.25, 0.3) is 0 Å². The molecule has 7 nitrogen and oxygen atoms in total. The Kier molecular flexibility index (Phi) is 5.94. The number of rotatable bonds is 6. The molecular weight excluding hydrogens is 262 g/mol. The Bertz CT molecular complexity index is 360. The van der Waals surface area contributed by atoms with Crippen LogP contribution >= 0.6 is 0 Å². The molecule has 7 heteroatoms. The minimum atomic E-state index is -1.08. The van der Waals surface area contributed by atoms with Crippen molar-refractivity contribution >= 4 is 17.8 Å². The Balaban J connectivity index is 2.59. The number of carbonyl (C=O) groups excluding carboxylic acids is 2. The van der Waals surface area contributed by atoms with E-state index in [9.17, 15) is 14.4 Å². The van der Waals surface area contributed by atoms with E-state index in [0.29, 0.717) is 24.9 Å². The summed E-state index contributed by atoms with van der Waals surface area (Å²) in [5, 5.41) is 8.79. The number of piperidine rings is 1. The number of aliphatic carboxylic acids is 1. The van der Waals surface area contributed by atoms with Crippen LogP contribution in [0, 0.1) is 11.8 Å². The lowest BCUT2D eigenvalue weighted by atomic mass is 9.92. The second-order valence-electron chi connectivity index (χ2n) is 5.75. The number of primary amides is 1. The Morgan fingerprint density at radius 1 is 1.15 bits per heavy atom. The number of amides is 2. The van der Waals surface area contributed by atoms with Gasteiger partial charge in [-0.25, -0.2) is 0 Å². The van der Waals surface area contributed by atoms with Gasteiger partial charge in [-0.15, -0.1) is 0 Å². The van der Waals surface area contributed by atoms with Crippen LogP contribution in [-0.4, -0.2) is 65.4 Å². The quantitative estimate of drug-likeness (QED) is 0.675. The highest BCUT2D eigenvalue weighted by molar-refractivity contribution is 5.81. The zero-order valence-corrected chi connectivity index (χ0v) is 12.0. The summed E-state index contributed by atoms with van der Waals surface area (Å²) in [5.41, 5.74) is 5.07. The van der Waals surface area contributed by atoms with Crippen LogP contribution in [-0.2, 0) is 14.4 Å². The van der Waals surface area contributed by atoms with Crippen molar-refractivity contribution in [2.75, 3.05) is 32.7 Å². The smallest absolute Gasteiger partial charge is 0.317 e. The van der Waals surface area contributed by atoms with Crippen LogP contribution in [0.5, 0.6) is 0 Å². The molecule has 2 atom stereocenters. The first-order valence-corrected chi connectivity index (χ1v) is 6.78. The fraction of sp³-hybridized carbons (Fsp3) is 0.769. The van der Waals surface area contributed by atoms with Crippen molar-refractivity contribution in [3.8, 4) is 0 Å². The van der Waals surface area contributed by atoms with Gasteiger partial charge in [-0.2, -0.15) is 0 Å². The molecule has 2 unspecified atom stereocenters. The molecule has 1 saturated heterocycles. The van der Waals surface area contributed by atoms with Gasteiger partial charge >= 0.3 is 5.97 Å². The van der Waals surface area contributed by atoms with Gasteiger partial charge in [-0.1, -0.05) is 13.8 Å². The number of hydrogen-bond acceptors (Lipinski definition) is 4. The zero-order chi connectivity index (χ0) is 15.3. The standard InChI is InChI=1S/C13H23N3O4/c1-9-3-10(2)5-16(4-9)12(18)7-15(6-11(14)17)8-13(19)20/h9-10H,3-8H2,1-2H3,(H2,14,17)(H,19,20). The maximum atomic E-state index is 12.2. The Morgan fingerprint density at radius 2 is 1.70 bits per heavy atom. The van der Waals surface area contributed by atoms with Gasteiger partial charge in [-0.3, -0.25) is 19.3 Å². The molecule has 1 heterocycles. The van der Waals surface area contributed by atoms with Gasteiger partial charge in [0.1, 0.15) is 0 Å². The van der Waals surface area contributed by atoms with E-state index in [2.05, 4.69) is 13.8 Å². The molecule has 1 rings (SSSR count). The summed E-state index contributed by atoms with van der Waals surface area (Å²) in [6, 6.07) is 0. The molecule has 0 spiro atoms. The fourth-order valence-electron chi connectivity index (χ4n) is 2.74. The predicted molar refractivity (Wildman–Crippen MR) is 72.8 cm³/mol. The first-order chi connectivity index (χ1) is 9.27. The number of carbonyl (C=O) groups is 3. The zero-order valence-electron chi connectivity index (χ0n) is 12.0. The van der Waals surface area contributed by atoms with Crippen molar-refractivity contribution in [1.82, 2.24) is 9.80 Å². The summed E-state index contributed by atoms with van der Waals surface area (Å²) in [7, 11) is 0. The monoisotopic (exact) mass is 285 g/mol. The van der Waals surface area contributed by atoms with E-state index >= 15 is 0 Å². The highest BCUT2D eigenvalue weighted by Gasteiger charge is 2.27. The normalized spacial score (nSPS) is 22.9. The molecule has 0 saturated carbocycles. The average molecular weight is 285 g/mol. The summed E-state index contributed by atoms with van der Waals surface area (Å²) in [6.07, 6.45) is 1.09. The Morgan fingerprint density at radius 3 is 2.15 bits per heavy atom. The molecule has 2 amide bonds. The third-order valence-electron chi connectivity index (χ3n) is 3.32. The SMILES string of the molecule is CC1CC(C)CN(C(=O)CN(CC(N)=O)CC(=O)O)C1. The minimum Gasteiger partial charge on any atom is -0.480 e. The van der Waals surface area contributed by atoms with Crippen LogP contribution in [0.2, 0.25) is 0 Å². The number of carboxylic acid groups (broad SMARTS) is 1. The van der Waals surface area contributed by atoms with E-state index in [4.69, 9.17) is 10.8 Å². The molecule has 114 valence electrons. The third kappa shape index (κ3) is 5.56. The van der Waals surface area contributed by atoms with E-state index in [0.717, 1.165) is 6.42 Å². The van der Waals surface area contributed by atoms with E-state index in [1.54, 1.807) is 4.90 Å². The highest BCUT2D eigenvalue weighted by atomic mass is 16.4. The molecular formula is C13H23N3O4.